The van der Waals surface area contributed by atoms with Crippen molar-refractivity contribution in [1.29, 1.82) is 0 Å². The van der Waals surface area contributed by atoms with Crippen LogP contribution in [0.25, 0.3) is 0 Å². The van der Waals surface area contributed by atoms with Gasteiger partial charge in [0.15, 0.2) is 0 Å². The molecule has 0 saturated carbocycles. The summed E-state index contributed by atoms with van der Waals surface area (Å²) in [7, 11) is 0. The third kappa shape index (κ3) is 7.65. The monoisotopic (exact) mass is 198 g/mol. The summed E-state index contributed by atoms with van der Waals surface area (Å²) in [5, 5.41) is 0. The number of hydrogen-bond donors (Lipinski definition) is 0. The lowest BCUT2D eigenvalue weighted by Crippen LogP contribution is -2.01. The Labute approximate surface area is 84.9 Å². The van der Waals surface area contributed by atoms with Crippen LogP contribution in [0, 0.1) is 0 Å². The zero-order valence-corrected chi connectivity index (χ0v) is 8.75. The van der Waals surface area contributed by atoms with E-state index in [2.05, 4.69) is 0 Å². The van der Waals surface area contributed by atoms with Crippen molar-refractivity contribution in [3.05, 3.63) is 0 Å². The fourth-order valence-electron chi connectivity index (χ4n) is 1.23. The Morgan fingerprint density at radius 2 is 1.57 bits per heavy atom. The van der Waals surface area contributed by atoms with E-state index in [1.807, 2.05) is 6.92 Å². The number of carbonyl (C=O) groups excluding carboxylic acids is 3. The van der Waals surface area contributed by atoms with Gasteiger partial charge in [-0.15, -0.1) is 0 Å². The standard InChI is InChI=1S/C11H18O3/c1-2-5-10(13)6-3-7-11(14)8-4-9-12/h9H,2-8H2,1H3. The van der Waals surface area contributed by atoms with Crippen molar-refractivity contribution in [1.82, 2.24) is 0 Å². The van der Waals surface area contributed by atoms with Crippen LogP contribution in [0.15, 0.2) is 0 Å². The number of ketones is 2. The Morgan fingerprint density at radius 3 is 2.07 bits per heavy atom. The molecule has 0 atom stereocenters. The summed E-state index contributed by atoms with van der Waals surface area (Å²) in [4.78, 5) is 32.1. The summed E-state index contributed by atoms with van der Waals surface area (Å²) >= 11 is 0. The minimum atomic E-state index is 0.0846. The van der Waals surface area contributed by atoms with E-state index in [9.17, 15) is 14.4 Å². The van der Waals surface area contributed by atoms with Crippen LogP contribution in [0.2, 0.25) is 0 Å². The van der Waals surface area contributed by atoms with Crippen molar-refractivity contribution in [2.75, 3.05) is 0 Å². The molecule has 3 heteroatoms. The molecule has 0 aromatic rings. The van der Waals surface area contributed by atoms with Gasteiger partial charge in [0.05, 0.1) is 0 Å². The van der Waals surface area contributed by atoms with Gasteiger partial charge in [0.1, 0.15) is 17.9 Å². The fraction of sp³-hybridized carbons (Fsp3) is 0.727. The van der Waals surface area contributed by atoms with E-state index in [1.54, 1.807) is 0 Å². The molecule has 0 radical (unpaired) electrons. The van der Waals surface area contributed by atoms with Crippen molar-refractivity contribution in [2.24, 2.45) is 0 Å². The van der Waals surface area contributed by atoms with Gasteiger partial charge in [-0.25, -0.2) is 0 Å². The molecule has 0 unspecified atom stereocenters. The van der Waals surface area contributed by atoms with Crippen LogP contribution in [0.1, 0.15) is 51.9 Å². The van der Waals surface area contributed by atoms with Gasteiger partial charge in [0.2, 0.25) is 0 Å². The second-order valence-corrected chi connectivity index (χ2v) is 3.39. The maximum atomic E-state index is 11.1. The van der Waals surface area contributed by atoms with Crippen molar-refractivity contribution in [2.45, 2.75) is 51.9 Å². The van der Waals surface area contributed by atoms with Gasteiger partial charge in [-0.05, 0) is 12.8 Å². The van der Waals surface area contributed by atoms with E-state index in [1.165, 1.54) is 0 Å². The smallest absolute Gasteiger partial charge is 0.133 e. The van der Waals surface area contributed by atoms with Gasteiger partial charge in [0, 0.05) is 32.1 Å². The van der Waals surface area contributed by atoms with E-state index in [0.717, 1.165) is 12.7 Å². The quantitative estimate of drug-likeness (QED) is 0.533. The predicted octanol–water partition coefficient (Wildman–Crippen LogP) is 2.07. The van der Waals surface area contributed by atoms with Crippen molar-refractivity contribution >= 4 is 17.9 Å². The van der Waals surface area contributed by atoms with Crippen LogP contribution in [0.5, 0.6) is 0 Å². The maximum absolute atomic E-state index is 11.1. The van der Waals surface area contributed by atoms with Gasteiger partial charge >= 0.3 is 0 Å². The highest BCUT2D eigenvalue weighted by atomic mass is 16.1. The Morgan fingerprint density at radius 1 is 1.00 bits per heavy atom. The molecule has 0 amide bonds. The van der Waals surface area contributed by atoms with E-state index in [-0.39, 0.29) is 11.6 Å². The molecule has 0 saturated heterocycles. The molecule has 0 aliphatic heterocycles. The van der Waals surface area contributed by atoms with Gasteiger partial charge in [-0.3, -0.25) is 9.59 Å². The van der Waals surface area contributed by atoms with Gasteiger partial charge in [0.25, 0.3) is 0 Å². The van der Waals surface area contributed by atoms with Crippen LogP contribution < -0.4 is 0 Å². The molecular weight excluding hydrogens is 180 g/mol. The van der Waals surface area contributed by atoms with E-state index in [4.69, 9.17) is 0 Å². The summed E-state index contributed by atoms with van der Waals surface area (Å²) in [6, 6.07) is 0. The maximum Gasteiger partial charge on any atom is 0.133 e. The summed E-state index contributed by atoms with van der Waals surface area (Å²) < 4.78 is 0. The average Bonchev–Trinajstić information content (AvgIpc) is 2.15. The van der Waals surface area contributed by atoms with E-state index in [0.29, 0.717) is 38.5 Å². The summed E-state index contributed by atoms with van der Waals surface area (Å²) in [5.74, 6) is 0.317. The minimum Gasteiger partial charge on any atom is -0.303 e. The molecule has 0 spiro atoms. The molecule has 0 N–H and O–H groups in total. The lowest BCUT2D eigenvalue weighted by Gasteiger charge is -1.98. The zero-order valence-electron chi connectivity index (χ0n) is 8.75. The van der Waals surface area contributed by atoms with Gasteiger partial charge in [-0.2, -0.15) is 0 Å². The highest BCUT2D eigenvalue weighted by Crippen LogP contribution is 2.04. The van der Waals surface area contributed by atoms with Crippen molar-refractivity contribution < 1.29 is 14.4 Å². The second kappa shape index (κ2) is 8.60. The Bertz CT molecular complexity index is 197. The first-order valence-corrected chi connectivity index (χ1v) is 5.17. The molecule has 0 rings (SSSR count). The largest absolute Gasteiger partial charge is 0.303 e. The number of carbonyl (C=O) groups is 3. The average molecular weight is 198 g/mol. The molecule has 14 heavy (non-hydrogen) atoms. The van der Waals surface area contributed by atoms with Crippen LogP contribution in [-0.4, -0.2) is 17.9 Å². The molecule has 0 fully saturated rings. The van der Waals surface area contributed by atoms with Crippen molar-refractivity contribution in [3.63, 3.8) is 0 Å². The molecule has 0 aliphatic rings. The number of aldehydes is 1. The second-order valence-electron chi connectivity index (χ2n) is 3.39. The summed E-state index contributed by atoms with van der Waals surface area (Å²) in [6.07, 6.45) is 4.44. The topological polar surface area (TPSA) is 51.2 Å². The molecule has 0 aromatic carbocycles. The van der Waals surface area contributed by atoms with Crippen LogP contribution in [-0.2, 0) is 14.4 Å². The number of Topliss-reactive ketones (excluding diaryl/α,β-unsaturated/α-hetero) is 2. The Balaban J connectivity index is 3.39. The van der Waals surface area contributed by atoms with Gasteiger partial charge < -0.3 is 4.79 Å². The van der Waals surface area contributed by atoms with Crippen molar-refractivity contribution in [3.8, 4) is 0 Å². The molecular formula is C11H18O3. The van der Waals surface area contributed by atoms with E-state index >= 15 is 0 Å². The van der Waals surface area contributed by atoms with E-state index < -0.39 is 0 Å². The molecule has 0 aromatic heterocycles. The SMILES string of the molecule is CCCC(=O)CCCC(=O)CCC=O. The molecule has 0 heterocycles. The molecule has 0 bridgehead atoms. The summed E-state index contributed by atoms with van der Waals surface area (Å²) in [6.45, 7) is 1.97. The molecule has 3 nitrogen and oxygen atoms in total. The van der Waals surface area contributed by atoms with Gasteiger partial charge in [-0.1, -0.05) is 6.92 Å². The first-order chi connectivity index (χ1) is 6.70. The minimum absolute atomic E-state index is 0.0846. The van der Waals surface area contributed by atoms with Crippen LogP contribution in [0.3, 0.4) is 0 Å². The summed E-state index contributed by atoms with van der Waals surface area (Å²) in [5.41, 5.74) is 0. The highest BCUT2D eigenvalue weighted by molar-refractivity contribution is 5.82. The first kappa shape index (κ1) is 13.0. The Kier molecular flexibility index (Phi) is 7.99. The predicted molar refractivity (Wildman–Crippen MR) is 54.1 cm³/mol. The van der Waals surface area contributed by atoms with Crippen LogP contribution in [0.4, 0.5) is 0 Å². The van der Waals surface area contributed by atoms with Crippen LogP contribution >= 0.6 is 0 Å². The number of rotatable bonds is 9. The molecule has 0 aliphatic carbocycles. The zero-order chi connectivity index (χ0) is 10.8. The lowest BCUT2D eigenvalue weighted by atomic mass is 10.1. The highest BCUT2D eigenvalue weighted by Gasteiger charge is 2.04. The third-order valence-electron chi connectivity index (χ3n) is 1.98. The first-order valence-electron chi connectivity index (χ1n) is 5.17. The molecule has 80 valence electrons. The number of hydrogen-bond acceptors (Lipinski definition) is 3. The Hall–Kier alpha value is -0.990. The normalized spacial score (nSPS) is 9.79. The lowest BCUT2D eigenvalue weighted by molar-refractivity contribution is -0.121. The fourth-order valence-corrected chi connectivity index (χ4v) is 1.23. The third-order valence-corrected chi connectivity index (χ3v) is 1.98.